The second-order valence-electron chi connectivity index (χ2n) is 20.8. The molecule has 10 aromatic rings. The van der Waals surface area contributed by atoms with E-state index in [4.69, 9.17) is 23.0 Å². The maximum Gasteiger partial charge on any atom is 0.220 e. The minimum atomic E-state index is -1.13. The van der Waals surface area contributed by atoms with Gasteiger partial charge in [-0.3, -0.25) is 4.90 Å². The van der Waals surface area contributed by atoms with Crippen molar-refractivity contribution in [3.8, 4) is 11.5 Å². The minimum Gasteiger partial charge on any atom is -0.460 e. The molecule has 72 heavy (non-hydrogen) atoms. The number of anilines is 4. The Morgan fingerprint density at radius 2 is 1.28 bits per heavy atom. The summed E-state index contributed by atoms with van der Waals surface area (Å²) in [5.74, 6) is 6.59. The summed E-state index contributed by atoms with van der Waals surface area (Å²) in [4.78, 5) is 5.09. The van der Waals surface area contributed by atoms with Crippen molar-refractivity contribution in [3.05, 3.63) is 225 Å². The number of fused-ring (bicyclic) bond motifs is 14. The van der Waals surface area contributed by atoms with Gasteiger partial charge in [0.15, 0.2) is 36.6 Å². The van der Waals surface area contributed by atoms with Crippen LogP contribution in [0.4, 0.5) is 22.7 Å². The predicted octanol–water partition coefficient (Wildman–Crippen LogP) is 15.7. The van der Waals surface area contributed by atoms with Gasteiger partial charge in [0.25, 0.3) is 0 Å². The van der Waals surface area contributed by atoms with Gasteiger partial charge in [-0.15, -0.1) is 0 Å². The molecular weight excluding hydrogens is 908 g/mol. The molecule has 0 bridgehead atoms. The minimum absolute atomic E-state index is 0.224. The third-order valence-electron chi connectivity index (χ3n) is 16.7. The highest BCUT2D eigenvalue weighted by Gasteiger charge is 2.64. The lowest BCUT2D eigenvalue weighted by Gasteiger charge is -2.50. The van der Waals surface area contributed by atoms with Crippen molar-refractivity contribution in [1.82, 2.24) is 0 Å². The topological polar surface area (TPSA) is 60.5 Å². The first-order valence-electron chi connectivity index (χ1n) is 25.0. The molecule has 0 radical (unpaired) electrons. The number of hydrogen-bond acceptors (Lipinski definition) is 7. The monoisotopic (exact) mass is 947 g/mol. The van der Waals surface area contributed by atoms with E-state index in [2.05, 4.69) is 187 Å². The number of hydrogen-bond donors (Lipinski definition) is 0. The van der Waals surface area contributed by atoms with Gasteiger partial charge in [-0.05, 0) is 143 Å². The summed E-state index contributed by atoms with van der Waals surface area (Å²) in [6, 6.07) is 54.5. The number of para-hydroxylation sites is 4. The Morgan fingerprint density at radius 1 is 0.597 bits per heavy atom. The fourth-order valence-corrected chi connectivity index (χ4v) is 16.6. The Kier molecular flexibility index (Phi) is 6.94. The maximum absolute atomic E-state index is 7.70. The molecule has 2 aromatic heterocycles. The number of rotatable bonds is 2. The molecule has 18 rings (SSSR count). The van der Waals surface area contributed by atoms with Gasteiger partial charge in [-0.2, -0.15) is 0 Å². The van der Waals surface area contributed by atoms with E-state index in [1.807, 2.05) is 0 Å². The first kappa shape index (κ1) is 38.3. The highest BCUT2D eigenvalue weighted by atomic mass is 31.1. The van der Waals surface area contributed by atoms with Crippen LogP contribution in [0.1, 0.15) is 42.2 Å². The van der Waals surface area contributed by atoms with Crippen molar-refractivity contribution in [3.63, 3.8) is 0 Å². The van der Waals surface area contributed by atoms with Gasteiger partial charge in [0.2, 0.25) is 15.9 Å². The molecule has 3 unspecified atom stereocenters. The third kappa shape index (κ3) is 4.71. The van der Waals surface area contributed by atoms with Crippen LogP contribution in [0, 0.1) is 6.92 Å². The lowest BCUT2D eigenvalue weighted by molar-refractivity contribution is 0.240. The Balaban J connectivity index is 0.898. The molecule has 8 aromatic carbocycles. The zero-order chi connectivity index (χ0) is 46.9. The van der Waals surface area contributed by atoms with Crippen molar-refractivity contribution < 1.29 is 23.0 Å². The van der Waals surface area contributed by atoms with Crippen LogP contribution in [0.25, 0.3) is 60.5 Å². The molecule has 8 aliphatic rings. The fraction of sp³-hybridized carbons (Fsp3) is 0.109. The highest BCUT2D eigenvalue weighted by molar-refractivity contribution is 7.72. The molecule has 0 N–H and O–H groups in total. The molecule has 0 saturated heterocycles. The molecule has 0 fully saturated rings. The van der Waals surface area contributed by atoms with Crippen LogP contribution in [0.15, 0.2) is 212 Å². The first-order valence-corrected chi connectivity index (χ1v) is 26.3. The zero-order valence-electron chi connectivity index (χ0n) is 39.2. The highest BCUT2D eigenvalue weighted by Crippen LogP contribution is 2.68. The van der Waals surface area contributed by atoms with Crippen molar-refractivity contribution in [1.29, 1.82) is 0 Å². The van der Waals surface area contributed by atoms with Crippen LogP contribution in [-0.2, 0) is 16.6 Å². The lowest BCUT2D eigenvalue weighted by Crippen LogP contribution is -2.54. The van der Waals surface area contributed by atoms with E-state index in [9.17, 15) is 0 Å². The van der Waals surface area contributed by atoms with Gasteiger partial charge in [0.1, 0.15) is 39.7 Å². The smallest absolute Gasteiger partial charge is 0.220 e. The molecule has 0 amide bonds. The van der Waals surface area contributed by atoms with E-state index in [-0.39, 0.29) is 6.04 Å². The molecule has 7 nitrogen and oxygen atoms in total. The van der Waals surface area contributed by atoms with E-state index in [0.717, 1.165) is 125 Å². The summed E-state index contributed by atoms with van der Waals surface area (Å²) in [7, 11) is -1.13. The predicted molar refractivity (Wildman–Crippen MR) is 288 cm³/mol. The molecule has 0 spiro atoms. The number of furan rings is 2. The van der Waals surface area contributed by atoms with Crippen LogP contribution in [0.3, 0.4) is 0 Å². The molecule has 3 atom stereocenters. The lowest BCUT2D eigenvalue weighted by atomic mass is 9.72. The number of allylic oxidation sites excluding steroid dienone is 6. The van der Waals surface area contributed by atoms with Gasteiger partial charge in [0, 0.05) is 40.1 Å². The molecule has 8 heteroatoms. The van der Waals surface area contributed by atoms with Crippen LogP contribution in [0.2, 0.25) is 0 Å². The quantitative estimate of drug-likeness (QED) is 0.160. The van der Waals surface area contributed by atoms with E-state index in [1.165, 1.54) is 54.6 Å². The third-order valence-corrected chi connectivity index (χ3v) is 19.5. The number of aryl methyl sites for hydroxylation is 2. The normalized spacial score (nSPS) is 21.1. The zero-order valence-corrected chi connectivity index (χ0v) is 40.1. The first-order chi connectivity index (χ1) is 35.4. The Hall–Kier alpha value is -8.51. The Labute approximate surface area is 413 Å². The van der Waals surface area contributed by atoms with Crippen LogP contribution in [-0.4, -0.2) is 11.3 Å². The van der Waals surface area contributed by atoms with Crippen molar-refractivity contribution in [2.45, 2.75) is 44.6 Å². The van der Waals surface area contributed by atoms with Gasteiger partial charge in [0.05, 0.1) is 28.2 Å². The van der Waals surface area contributed by atoms with E-state index in [1.54, 1.807) is 0 Å². The summed E-state index contributed by atoms with van der Waals surface area (Å²) in [5.41, 5.74) is 13.5. The number of nitrogens with zero attached hydrogens (tertiary/aromatic N) is 2. The average Bonchev–Trinajstić information content (AvgIpc) is 3.95. The van der Waals surface area contributed by atoms with Crippen molar-refractivity contribution >= 4 is 101 Å². The molecule has 340 valence electrons. The number of ether oxygens (including phenoxy) is 3. The maximum atomic E-state index is 7.70. The summed E-state index contributed by atoms with van der Waals surface area (Å²) in [6.45, 7) is 4.60. The van der Waals surface area contributed by atoms with Gasteiger partial charge in [-0.1, -0.05) is 78.9 Å². The molecule has 5 aliphatic heterocycles. The largest absolute Gasteiger partial charge is 0.460 e. The van der Waals surface area contributed by atoms with Crippen LogP contribution in [0.5, 0.6) is 11.5 Å². The fourth-order valence-electron chi connectivity index (χ4n) is 13.5. The van der Waals surface area contributed by atoms with Crippen molar-refractivity contribution in [2.75, 3.05) is 9.80 Å². The van der Waals surface area contributed by atoms with Crippen LogP contribution >= 0.6 is 7.55 Å². The summed E-state index contributed by atoms with van der Waals surface area (Å²) >= 11 is 0. The SMILES string of the molecule is Cc1cc2c3c(c1)N1c4ccccc4OC4=C(C5=Cc6c(oc7cc8ccccc8cc67)CC5)C=C5OC6=C(C7=C(Oc8ccccc8N72)C(C)(c2ccc7oc8cc9ccccc9cc8c7c2)C6)[P+]3=C5C41. The Morgan fingerprint density at radius 3 is 2.08 bits per heavy atom. The average molecular weight is 948 g/mol. The Bertz CT molecular complexity index is 4520. The summed E-state index contributed by atoms with van der Waals surface area (Å²) in [5, 5.41) is 12.0. The van der Waals surface area contributed by atoms with E-state index >= 15 is 0 Å². The van der Waals surface area contributed by atoms with E-state index < -0.39 is 13.0 Å². The molecule has 3 aliphatic carbocycles. The standard InChI is InChI=1S/C64H40N2O5P/c1-33-23-47-60-48(24-33)66-46-16-8-10-18-52(46)71-63-58(66)62-56(32-64(63,2)39-20-22-50-44(30-39)43-26-35-12-4-6-14-37(35)29-54(43)68-50)69-55-31-40(59-57(61(55)72(60)62)65(47)45-15-7-9-17-51(45)70-59)38-19-21-49-41(27-38)42-25-34-11-3-5-13-36(34)28-53(42)67-49/h3-18,20,22-31,57H,19,21,32H2,1-2H3/q+1. The van der Waals surface area contributed by atoms with Gasteiger partial charge < -0.3 is 27.9 Å². The molecule has 7 heterocycles. The second kappa shape index (κ2) is 13.1. The number of benzene rings is 8. The van der Waals surface area contributed by atoms with Gasteiger partial charge >= 0.3 is 0 Å². The summed E-state index contributed by atoms with van der Waals surface area (Å²) in [6.07, 6.45) is 6.92. The second-order valence-corrected chi connectivity index (χ2v) is 22.8. The van der Waals surface area contributed by atoms with Crippen LogP contribution < -0.4 is 24.6 Å². The van der Waals surface area contributed by atoms with Gasteiger partial charge in [-0.25, -0.2) is 0 Å². The summed E-state index contributed by atoms with van der Waals surface area (Å²) < 4.78 is 35.7. The van der Waals surface area contributed by atoms with Crippen molar-refractivity contribution in [2.24, 2.45) is 0 Å². The molecule has 0 saturated carbocycles. The molecular formula is C64H40N2O5P+. The van der Waals surface area contributed by atoms with E-state index in [0.29, 0.717) is 6.42 Å².